The lowest BCUT2D eigenvalue weighted by Gasteiger charge is -2.16. The van der Waals surface area contributed by atoms with Crippen molar-refractivity contribution in [3.8, 4) is 0 Å². The number of thiocarbonyl (C=S) groups is 1. The lowest BCUT2D eigenvalue weighted by Crippen LogP contribution is -2.41. The molecule has 7 N–H and O–H groups in total. The lowest BCUT2D eigenvalue weighted by atomic mass is 10.0. The monoisotopic (exact) mass is 584 g/mol. The van der Waals surface area contributed by atoms with Crippen LogP contribution in [0, 0.1) is 0 Å². The van der Waals surface area contributed by atoms with E-state index in [2.05, 4.69) is 26.5 Å². The van der Waals surface area contributed by atoms with E-state index in [4.69, 9.17) is 34.7 Å². The van der Waals surface area contributed by atoms with Crippen LogP contribution >= 0.6 is 23.8 Å². The van der Waals surface area contributed by atoms with Crippen LogP contribution in [0.1, 0.15) is 34.8 Å². The number of aliphatic imine (C=N–C) groups is 1. The number of Topliss-reactive ketones (excluding diaryl/α,β-unsaturated/α-hetero) is 1. The topological polar surface area (TPSA) is 158 Å². The first kappa shape index (κ1) is 31.1. The summed E-state index contributed by atoms with van der Waals surface area (Å²) in [5.74, 6) is -2.36. The number of halogens is 4. The summed E-state index contributed by atoms with van der Waals surface area (Å²) < 4.78 is 38.5. The van der Waals surface area contributed by atoms with E-state index in [9.17, 15) is 27.6 Å². The number of carbonyl (C=O) groups is 3. The number of amides is 1. The number of hydrogen-bond acceptors (Lipinski definition) is 7. The second kappa shape index (κ2) is 13.6. The molecule has 0 spiro atoms. The highest BCUT2D eigenvalue weighted by Crippen LogP contribution is 2.29. The minimum Gasteiger partial charge on any atom is -0.481 e. The first-order valence-corrected chi connectivity index (χ1v) is 11.8. The molecule has 1 amide bonds. The molecule has 10 nitrogen and oxygen atoms in total. The van der Waals surface area contributed by atoms with Gasteiger partial charge in [-0.1, -0.05) is 23.7 Å². The third-order valence-corrected chi connectivity index (χ3v) is 5.56. The number of hydrogen-bond donors (Lipinski definition) is 6. The minimum absolute atomic E-state index is 0.0151. The predicted octanol–water partition coefficient (Wildman–Crippen LogP) is 3.23. The number of allylic oxidation sites excluding steroid dienone is 2. The molecule has 0 heterocycles. The number of anilines is 1. The summed E-state index contributed by atoms with van der Waals surface area (Å²) in [6.45, 7) is 1.38. The Morgan fingerprint density at radius 2 is 1.74 bits per heavy atom. The number of aliphatic carboxylic acids is 1. The molecular formula is C24H24ClF3N6O4S. The van der Waals surface area contributed by atoms with Gasteiger partial charge in [-0.3, -0.25) is 24.8 Å². The number of nitrogens with zero attached hydrogens (tertiary/aromatic N) is 1. The highest BCUT2D eigenvalue weighted by atomic mass is 35.5. The lowest BCUT2D eigenvalue weighted by molar-refractivity contribution is -0.138. The average Bonchev–Trinajstić information content (AvgIpc) is 2.87. The quantitative estimate of drug-likeness (QED) is 0.107. The zero-order valence-corrected chi connectivity index (χ0v) is 22.1. The van der Waals surface area contributed by atoms with Gasteiger partial charge in [0, 0.05) is 24.8 Å². The van der Waals surface area contributed by atoms with Crippen molar-refractivity contribution in [1.82, 2.24) is 16.2 Å². The molecule has 0 aliphatic carbocycles. The van der Waals surface area contributed by atoms with Crippen LogP contribution in [0.3, 0.4) is 0 Å². The molecule has 2 aromatic carbocycles. The number of carboxylic acid groups (broad SMARTS) is 1. The maximum Gasteiger partial charge on any atom is 0.416 e. The molecule has 0 aromatic heterocycles. The SMILES string of the molecule is CN=C(C(=O)C(N)=C(C)NNC(=S)Nc1ccc(Cl)c(C(=O)NCCC(=O)O)c1)c1ccc(C(F)(F)F)cc1. The second-order valence-corrected chi connectivity index (χ2v) is 8.63. The molecule has 0 atom stereocenters. The van der Waals surface area contributed by atoms with Gasteiger partial charge in [0.25, 0.3) is 5.91 Å². The Morgan fingerprint density at radius 1 is 1.10 bits per heavy atom. The zero-order valence-electron chi connectivity index (χ0n) is 20.6. The van der Waals surface area contributed by atoms with E-state index in [0.717, 1.165) is 24.3 Å². The van der Waals surface area contributed by atoms with E-state index in [-0.39, 0.29) is 51.3 Å². The van der Waals surface area contributed by atoms with Crippen LogP contribution in [0.5, 0.6) is 0 Å². The Labute approximate surface area is 231 Å². The van der Waals surface area contributed by atoms with Gasteiger partial charge in [0.05, 0.1) is 28.3 Å². The smallest absolute Gasteiger partial charge is 0.416 e. The van der Waals surface area contributed by atoms with Gasteiger partial charge in [-0.25, -0.2) is 0 Å². The largest absolute Gasteiger partial charge is 0.481 e. The summed E-state index contributed by atoms with van der Waals surface area (Å²) in [6.07, 6.45) is -4.78. The van der Waals surface area contributed by atoms with E-state index < -0.39 is 29.4 Å². The number of benzene rings is 2. The molecule has 2 aromatic rings. The first-order valence-electron chi connectivity index (χ1n) is 11.0. The van der Waals surface area contributed by atoms with Gasteiger partial charge >= 0.3 is 12.1 Å². The highest BCUT2D eigenvalue weighted by Gasteiger charge is 2.30. The molecule has 0 fully saturated rings. The molecule has 2 rings (SSSR count). The van der Waals surface area contributed by atoms with E-state index in [1.807, 2.05) is 0 Å². The van der Waals surface area contributed by atoms with Crippen LogP contribution in [-0.4, -0.2) is 47.2 Å². The van der Waals surface area contributed by atoms with Crippen molar-refractivity contribution in [3.05, 3.63) is 75.6 Å². The number of hydrazine groups is 1. The molecule has 39 heavy (non-hydrogen) atoms. The summed E-state index contributed by atoms with van der Waals surface area (Å²) in [5.41, 5.74) is 10.7. The minimum atomic E-state index is -4.52. The molecule has 0 aliphatic rings. The predicted molar refractivity (Wildman–Crippen MR) is 144 cm³/mol. The van der Waals surface area contributed by atoms with Crippen molar-refractivity contribution >= 4 is 58.0 Å². The van der Waals surface area contributed by atoms with Crippen molar-refractivity contribution in [3.63, 3.8) is 0 Å². The summed E-state index contributed by atoms with van der Waals surface area (Å²) >= 11 is 11.3. The normalized spacial score (nSPS) is 12.2. The molecule has 0 radical (unpaired) electrons. The fraction of sp³-hybridized carbons (Fsp3) is 0.208. The third kappa shape index (κ3) is 8.97. The van der Waals surface area contributed by atoms with Crippen LogP contribution in [0.15, 0.2) is 58.9 Å². The van der Waals surface area contributed by atoms with Gasteiger partial charge in [0.15, 0.2) is 5.11 Å². The van der Waals surface area contributed by atoms with Gasteiger partial charge in [-0.15, -0.1) is 0 Å². The van der Waals surface area contributed by atoms with Crippen molar-refractivity contribution in [1.29, 1.82) is 0 Å². The first-order chi connectivity index (χ1) is 18.2. The number of rotatable bonds is 10. The molecule has 0 bridgehead atoms. The van der Waals surface area contributed by atoms with Crippen molar-refractivity contribution < 1.29 is 32.7 Å². The number of carbonyl (C=O) groups excluding carboxylic acids is 2. The summed E-state index contributed by atoms with van der Waals surface area (Å²) in [5, 5.41) is 14.1. The standard InChI is InChI=1S/C24H24ClF3N6O4S/c1-12(19(29)21(37)20(30-2)13-3-5-14(6-4-13)24(26,27)28)33-34-23(39)32-15-7-8-17(25)16(11-15)22(38)31-10-9-18(35)36/h3-8,11,33H,9-10,29H2,1-2H3,(H,31,38)(H,35,36)(H2,32,34,39). The molecule has 0 saturated heterocycles. The van der Waals surface area contributed by atoms with Crippen LogP contribution in [-0.2, 0) is 15.8 Å². The van der Waals surface area contributed by atoms with Gasteiger partial charge in [0.1, 0.15) is 11.4 Å². The molecule has 0 saturated carbocycles. The number of ketones is 1. The van der Waals surface area contributed by atoms with E-state index in [0.29, 0.717) is 5.69 Å². The molecular weight excluding hydrogens is 561 g/mol. The summed E-state index contributed by atoms with van der Waals surface area (Å²) in [4.78, 5) is 39.6. The van der Waals surface area contributed by atoms with E-state index in [1.54, 1.807) is 6.07 Å². The zero-order chi connectivity index (χ0) is 29.3. The Hall–Kier alpha value is -4.17. The highest BCUT2D eigenvalue weighted by molar-refractivity contribution is 7.80. The van der Waals surface area contributed by atoms with E-state index >= 15 is 0 Å². The van der Waals surface area contributed by atoms with Gasteiger partial charge in [0.2, 0.25) is 5.78 Å². The van der Waals surface area contributed by atoms with Gasteiger partial charge in [-0.05, 0) is 49.5 Å². The van der Waals surface area contributed by atoms with E-state index in [1.165, 1.54) is 26.1 Å². The Bertz CT molecular complexity index is 1330. The van der Waals surface area contributed by atoms with Crippen molar-refractivity contribution in [2.75, 3.05) is 18.9 Å². The number of nitrogens with two attached hydrogens (primary N) is 1. The van der Waals surface area contributed by atoms with Crippen molar-refractivity contribution in [2.24, 2.45) is 10.7 Å². The van der Waals surface area contributed by atoms with Crippen molar-refractivity contribution in [2.45, 2.75) is 19.5 Å². The molecule has 0 unspecified atom stereocenters. The Balaban J connectivity index is 2.04. The Morgan fingerprint density at radius 3 is 2.31 bits per heavy atom. The van der Waals surface area contributed by atoms with Crippen LogP contribution < -0.4 is 27.2 Å². The fourth-order valence-corrected chi connectivity index (χ4v) is 3.38. The van der Waals surface area contributed by atoms with Gasteiger partial charge in [-0.2, -0.15) is 13.2 Å². The number of nitrogens with one attached hydrogen (secondary N) is 4. The van der Waals surface area contributed by atoms with Crippen LogP contribution in [0.4, 0.5) is 18.9 Å². The Kier molecular flexibility index (Phi) is 10.8. The molecule has 208 valence electrons. The number of alkyl halides is 3. The second-order valence-electron chi connectivity index (χ2n) is 7.81. The average molecular weight is 585 g/mol. The molecule has 15 heteroatoms. The third-order valence-electron chi connectivity index (χ3n) is 5.03. The summed E-state index contributed by atoms with van der Waals surface area (Å²) in [7, 11) is 1.31. The van der Waals surface area contributed by atoms with Crippen LogP contribution in [0.2, 0.25) is 5.02 Å². The molecule has 0 aliphatic heterocycles. The fourth-order valence-electron chi connectivity index (χ4n) is 3.01. The van der Waals surface area contributed by atoms with Gasteiger partial charge < -0.3 is 26.9 Å². The van der Waals surface area contributed by atoms with Crippen LogP contribution in [0.25, 0.3) is 0 Å². The number of carboxylic acids is 1. The summed E-state index contributed by atoms with van der Waals surface area (Å²) in [6, 6.07) is 8.33. The maximum absolute atomic E-state index is 12.8. The maximum atomic E-state index is 12.8.